The van der Waals surface area contributed by atoms with Crippen molar-refractivity contribution in [3.63, 3.8) is 0 Å². The van der Waals surface area contributed by atoms with Crippen molar-refractivity contribution >= 4 is 5.84 Å². The first-order valence-corrected chi connectivity index (χ1v) is 4.84. The Hall–Kier alpha value is -1.55. The smallest absolute Gasteiger partial charge is 0.142 e. The second kappa shape index (κ2) is 5.36. The Labute approximate surface area is 89.9 Å². The van der Waals surface area contributed by atoms with Crippen molar-refractivity contribution in [1.82, 2.24) is 0 Å². The molecule has 0 aromatic heterocycles. The normalized spacial score (nSPS) is 11.5. The van der Waals surface area contributed by atoms with E-state index in [1.807, 2.05) is 25.1 Å². The van der Waals surface area contributed by atoms with Gasteiger partial charge in [0.2, 0.25) is 0 Å². The van der Waals surface area contributed by atoms with E-state index in [9.17, 15) is 0 Å². The average molecular weight is 207 g/mol. The van der Waals surface area contributed by atoms with Crippen LogP contribution in [0.25, 0.3) is 0 Å². The summed E-state index contributed by atoms with van der Waals surface area (Å²) in [5.41, 5.74) is 14.3. The van der Waals surface area contributed by atoms with Crippen LogP contribution in [0.15, 0.2) is 23.4 Å². The van der Waals surface area contributed by atoms with Crippen molar-refractivity contribution < 1.29 is 4.84 Å². The molecule has 0 aliphatic carbocycles. The molecule has 4 N–H and O–H groups in total. The first kappa shape index (κ1) is 11.5. The van der Waals surface area contributed by atoms with E-state index < -0.39 is 0 Å². The van der Waals surface area contributed by atoms with Gasteiger partial charge in [-0.2, -0.15) is 0 Å². The molecule has 0 spiro atoms. The van der Waals surface area contributed by atoms with Gasteiger partial charge in [0.15, 0.2) is 0 Å². The monoisotopic (exact) mass is 207 g/mol. The molecule has 0 saturated heterocycles. The SMILES string of the molecule is C/C(N)=N/OCc1cccc(CN)c1C. The third-order valence-corrected chi connectivity index (χ3v) is 2.21. The fourth-order valence-corrected chi connectivity index (χ4v) is 1.32. The van der Waals surface area contributed by atoms with Gasteiger partial charge in [-0.1, -0.05) is 23.4 Å². The Bertz CT molecular complexity index is 357. The molecule has 82 valence electrons. The van der Waals surface area contributed by atoms with Crippen LogP contribution in [0.1, 0.15) is 23.6 Å². The second-order valence-electron chi connectivity index (χ2n) is 3.41. The third kappa shape index (κ3) is 3.25. The molecule has 15 heavy (non-hydrogen) atoms. The highest BCUT2D eigenvalue weighted by molar-refractivity contribution is 5.76. The molecule has 4 nitrogen and oxygen atoms in total. The van der Waals surface area contributed by atoms with E-state index in [0.717, 1.165) is 16.7 Å². The number of oxime groups is 1. The van der Waals surface area contributed by atoms with Gasteiger partial charge in [0.25, 0.3) is 0 Å². The molecule has 1 aromatic rings. The molecule has 0 fully saturated rings. The fourth-order valence-electron chi connectivity index (χ4n) is 1.32. The van der Waals surface area contributed by atoms with Crippen LogP contribution < -0.4 is 11.5 Å². The van der Waals surface area contributed by atoms with Gasteiger partial charge in [0.05, 0.1) is 0 Å². The summed E-state index contributed by atoms with van der Waals surface area (Å²) in [6.45, 7) is 4.68. The lowest BCUT2D eigenvalue weighted by Gasteiger charge is -2.08. The molecule has 0 aliphatic heterocycles. The van der Waals surface area contributed by atoms with Crippen LogP contribution in [0.3, 0.4) is 0 Å². The summed E-state index contributed by atoms with van der Waals surface area (Å²) in [4.78, 5) is 5.08. The maximum Gasteiger partial charge on any atom is 0.142 e. The summed E-state index contributed by atoms with van der Waals surface area (Å²) in [6, 6.07) is 5.97. The van der Waals surface area contributed by atoms with Gasteiger partial charge < -0.3 is 16.3 Å². The Balaban J connectivity index is 2.73. The minimum absolute atomic E-state index is 0.419. The lowest BCUT2D eigenvalue weighted by atomic mass is 10.0. The molecule has 0 saturated carbocycles. The van der Waals surface area contributed by atoms with E-state index in [1.165, 1.54) is 0 Å². The number of hydrogen-bond donors (Lipinski definition) is 2. The van der Waals surface area contributed by atoms with E-state index in [0.29, 0.717) is 19.0 Å². The van der Waals surface area contributed by atoms with E-state index in [4.69, 9.17) is 16.3 Å². The van der Waals surface area contributed by atoms with Gasteiger partial charge in [0.1, 0.15) is 12.4 Å². The summed E-state index contributed by atoms with van der Waals surface area (Å²) in [5, 5.41) is 3.68. The Kier molecular flexibility index (Phi) is 4.12. The van der Waals surface area contributed by atoms with Gasteiger partial charge in [-0.05, 0) is 30.5 Å². The van der Waals surface area contributed by atoms with E-state index in [1.54, 1.807) is 6.92 Å². The molecule has 1 aromatic carbocycles. The molecular weight excluding hydrogens is 190 g/mol. The van der Waals surface area contributed by atoms with Crippen LogP contribution in [-0.4, -0.2) is 5.84 Å². The average Bonchev–Trinajstić information content (AvgIpc) is 2.20. The number of nitrogens with two attached hydrogens (primary N) is 2. The zero-order valence-corrected chi connectivity index (χ0v) is 9.16. The summed E-state index contributed by atoms with van der Waals surface area (Å²) in [5.74, 6) is 0.419. The summed E-state index contributed by atoms with van der Waals surface area (Å²) in [7, 11) is 0. The summed E-state index contributed by atoms with van der Waals surface area (Å²) >= 11 is 0. The molecule has 0 amide bonds. The van der Waals surface area contributed by atoms with Crippen molar-refractivity contribution in [2.24, 2.45) is 16.6 Å². The second-order valence-corrected chi connectivity index (χ2v) is 3.41. The summed E-state index contributed by atoms with van der Waals surface area (Å²) < 4.78 is 0. The maximum absolute atomic E-state index is 5.61. The zero-order chi connectivity index (χ0) is 11.3. The van der Waals surface area contributed by atoms with Gasteiger partial charge in [-0.15, -0.1) is 0 Å². The first-order chi connectivity index (χ1) is 7.15. The van der Waals surface area contributed by atoms with Crippen LogP contribution >= 0.6 is 0 Å². The Morgan fingerprint density at radius 3 is 2.67 bits per heavy atom. The molecule has 0 unspecified atom stereocenters. The van der Waals surface area contributed by atoms with Crippen molar-refractivity contribution in [3.8, 4) is 0 Å². The number of rotatable bonds is 4. The molecule has 4 heteroatoms. The van der Waals surface area contributed by atoms with E-state index in [2.05, 4.69) is 5.16 Å². The maximum atomic E-state index is 5.61. The summed E-state index contributed by atoms with van der Waals surface area (Å²) in [6.07, 6.45) is 0. The minimum atomic E-state index is 0.419. The minimum Gasteiger partial charge on any atom is -0.390 e. The van der Waals surface area contributed by atoms with Gasteiger partial charge >= 0.3 is 0 Å². The van der Waals surface area contributed by atoms with Crippen molar-refractivity contribution in [2.75, 3.05) is 0 Å². The van der Waals surface area contributed by atoms with Gasteiger partial charge in [-0.25, -0.2) is 0 Å². The molecule has 0 heterocycles. The molecule has 0 radical (unpaired) electrons. The van der Waals surface area contributed by atoms with Crippen molar-refractivity contribution in [1.29, 1.82) is 0 Å². The van der Waals surface area contributed by atoms with Gasteiger partial charge in [0, 0.05) is 6.54 Å². The zero-order valence-electron chi connectivity index (χ0n) is 9.16. The van der Waals surface area contributed by atoms with E-state index >= 15 is 0 Å². The molecule has 0 bridgehead atoms. The number of hydrogen-bond acceptors (Lipinski definition) is 3. The molecule has 0 atom stereocenters. The quantitative estimate of drug-likeness (QED) is 0.443. The fraction of sp³-hybridized carbons (Fsp3) is 0.364. The Morgan fingerprint density at radius 2 is 2.07 bits per heavy atom. The highest BCUT2D eigenvalue weighted by atomic mass is 16.6. The van der Waals surface area contributed by atoms with Gasteiger partial charge in [-0.3, -0.25) is 0 Å². The van der Waals surface area contributed by atoms with Crippen LogP contribution in [0.4, 0.5) is 0 Å². The van der Waals surface area contributed by atoms with Crippen LogP contribution in [0, 0.1) is 6.92 Å². The third-order valence-electron chi connectivity index (χ3n) is 2.21. The molecule has 1 rings (SSSR count). The molecular formula is C11H17N3O. The molecule has 0 aliphatic rings. The lowest BCUT2D eigenvalue weighted by molar-refractivity contribution is 0.129. The van der Waals surface area contributed by atoms with Crippen LogP contribution in [0.2, 0.25) is 0 Å². The van der Waals surface area contributed by atoms with Crippen LogP contribution in [-0.2, 0) is 18.0 Å². The topological polar surface area (TPSA) is 73.6 Å². The predicted octanol–water partition coefficient (Wildman–Crippen LogP) is 1.26. The lowest BCUT2D eigenvalue weighted by Crippen LogP contribution is -2.06. The Morgan fingerprint density at radius 1 is 1.40 bits per heavy atom. The highest BCUT2D eigenvalue weighted by Gasteiger charge is 2.02. The first-order valence-electron chi connectivity index (χ1n) is 4.84. The van der Waals surface area contributed by atoms with E-state index in [-0.39, 0.29) is 0 Å². The standard InChI is InChI=1S/C11H17N3O/c1-8-10(6-12)4-3-5-11(8)7-15-14-9(2)13/h3-5H,6-7,12H2,1-2H3,(H2,13,14). The number of amidine groups is 1. The van der Waals surface area contributed by atoms with Crippen molar-refractivity contribution in [3.05, 3.63) is 34.9 Å². The van der Waals surface area contributed by atoms with Crippen molar-refractivity contribution in [2.45, 2.75) is 27.0 Å². The highest BCUT2D eigenvalue weighted by Crippen LogP contribution is 2.14. The number of nitrogens with zero attached hydrogens (tertiary/aromatic N) is 1. The number of benzene rings is 1. The predicted molar refractivity (Wildman–Crippen MR) is 61.2 cm³/mol. The van der Waals surface area contributed by atoms with Crippen LogP contribution in [0.5, 0.6) is 0 Å². The largest absolute Gasteiger partial charge is 0.390 e.